The molecule has 0 saturated carbocycles. The second kappa shape index (κ2) is 10.9. The summed E-state index contributed by atoms with van der Waals surface area (Å²) in [7, 11) is -2.24. The number of hydrogen-bond donors (Lipinski definition) is 2. The van der Waals surface area contributed by atoms with Crippen LogP contribution in [0.1, 0.15) is 40.0 Å². The third-order valence-corrected chi connectivity index (χ3v) is 7.70. The van der Waals surface area contributed by atoms with E-state index in [2.05, 4.69) is 5.32 Å². The molecule has 0 aliphatic carbocycles. The number of anilines is 1. The first kappa shape index (κ1) is 27.3. The SMILES string of the molecule is C[C@@H](NC(=O)c1cc(C2=NC(CO)(Cc3ccccc3)CO2)cc(N(C)S(C)(=O)=O)c1)c1ccc(F)cc1. The Balaban J connectivity index is 1.69. The fourth-order valence-electron chi connectivity index (χ4n) is 4.19. The normalized spacial score (nSPS) is 17.9. The Hall–Kier alpha value is -3.76. The van der Waals surface area contributed by atoms with Crippen LogP contribution >= 0.6 is 0 Å². The highest BCUT2D eigenvalue weighted by atomic mass is 32.2. The molecule has 1 aliphatic heterocycles. The molecular weight excluding hydrogens is 509 g/mol. The third-order valence-electron chi connectivity index (χ3n) is 6.49. The lowest BCUT2D eigenvalue weighted by Crippen LogP contribution is -2.35. The molecule has 0 radical (unpaired) electrons. The van der Waals surface area contributed by atoms with E-state index in [-0.39, 0.29) is 36.2 Å². The molecule has 8 nitrogen and oxygen atoms in total. The number of aliphatic imine (C=N–C) groups is 1. The van der Waals surface area contributed by atoms with Crippen molar-refractivity contribution >= 4 is 27.5 Å². The number of aliphatic hydroxyl groups excluding tert-OH is 1. The molecule has 2 N–H and O–H groups in total. The summed E-state index contributed by atoms with van der Waals surface area (Å²) < 4.78 is 44.8. The molecule has 0 bridgehead atoms. The minimum absolute atomic E-state index is 0.128. The van der Waals surface area contributed by atoms with Crippen molar-refractivity contribution in [3.8, 4) is 0 Å². The molecule has 0 fully saturated rings. The minimum Gasteiger partial charge on any atom is -0.475 e. The number of benzene rings is 3. The second-order valence-corrected chi connectivity index (χ2v) is 11.5. The number of amides is 1. The third kappa shape index (κ3) is 6.20. The molecule has 10 heteroatoms. The maximum atomic E-state index is 13.3. The van der Waals surface area contributed by atoms with Gasteiger partial charge in [0.1, 0.15) is 18.0 Å². The van der Waals surface area contributed by atoms with Crippen LogP contribution in [0.15, 0.2) is 77.8 Å². The molecule has 1 heterocycles. The van der Waals surface area contributed by atoms with Crippen LogP contribution in [0.25, 0.3) is 0 Å². The first-order valence-electron chi connectivity index (χ1n) is 12.0. The van der Waals surface area contributed by atoms with Crippen LogP contribution in [-0.4, -0.2) is 57.4 Å². The number of halogens is 1. The number of rotatable bonds is 9. The molecular formula is C28H30FN3O5S. The van der Waals surface area contributed by atoms with Gasteiger partial charge >= 0.3 is 0 Å². The largest absolute Gasteiger partial charge is 0.475 e. The number of nitrogens with zero attached hydrogens (tertiary/aromatic N) is 2. The van der Waals surface area contributed by atoms with E-state index < -0.39 is 27.5 Å². The van der Waals surface area contributed by atoms with Crippen molar-refractivity contribution < 1.29 is 27.4 Å². The summed E-state index contributed by atoms with van der Waals surface area (Å²) in [5.41, 5.74) is 1.63. The van der Waals surface area contributed by atoms with E-state index in [1.54, 1.807) is 31.2 Å². The number of carbonyl (C=O) groups excluding carboxylic acids is 1. The number of sulfonamides is 1. The Morgan fingerprint density at radius 1 is 1.16 bits per heavy atom. The Morgan fingerprint density at radius 3 is 2.47 bits per heavy atom. The van der Waals surface area contributed by atoms with Crippen molar-refractivity contribution in [2.45, 2.75) is 24.9 Å². The number of nitrogens with one attached hydrogen (secondary N) is 1. The summed E-state index contributed by atoms with van der Waals surface area (Å²) in [6.07, 6.45) is 1.51. The van der Waals surface area contributed by atoms with Crippen LogP contribution in [0.2, 0.25) is 0 Å². The second-order valence-electron chi connectivity index (χ2n) is 9.50. The van der Waals surface area contributed by atoms with Gasteiger partial charge in [0.15, 0.2) is 0 Å². The van der Waals surface area contributed by atoms with Crippen LogP contribution in [0.4, 0.5) is 10.1 Å². The average Bonchev–Trinajstić information content (AvgIpc) is 3.33. The summed E-state index contributed by atoms with van der Waals surface area (Å²) in [4.78, 5) is 17.9. The number of carbonyl (C=O) groups is 1. The first-order chi connectivity index (χ1) is 18.0. The highest BCUT2D eigenvalue weighted by molar-refractivity contribution is 7.92. The van der Waals surface area contributed by atoms with Crippen LogP contribution in [0, 0.1) is 5.82 Å². The lowest BCUT2D eigenvalue weighted by atomic mass is 9.93. The maximum Gasteiger partial charge on any atom is 0.251 e. The van der Waals surface area contributed by atoms with Gasteiger partial charge in [0.05, 0.1) is 24.6 Å². The zero-order chi connectivity index (χ0) is 27.5. The topological polar surface area (TPSA) is 108 Å². The molecule has 0 spiro atoms. The molecule has 3 aromatic carbocycles. The van der Waals surface area contributed by atoms with Crippen molar-refractivity contribution in [1.29, 1.82) is 0 Å². The zero-order valence-electron chi connectivity index (χ0n) is 21.4. The van der Waals surface area contributed by atoms with Gasteiger partial charge in [-0.15, -0.1) is 0 Å². The van der Waals surface area contributed by atoms with Crippen molar-refractivity contribution in [3.63, 3.8) is 0 Å². The molecule has 2 atom stereocenters. The van der Waals surface area contributed by atoms with E-state index in [0.29, 0.717) is 17.5 Å². The Labute approximate surface area is 221 Å². The summed E-state index contributed by atoms with van der Waals surface area (Å²) >= 11 is 0. The van der Waals surface area contributed by atoms with E-state index in [4.69, 9.17) is 9.73 Å². The van der Waals surface area contributed by atoms with E-state index in [1.165, 1.54) is 25.2 Å². The molecule has 200 valence electrons. The molecule has 1 unspecified atom stereocenters. The Kier molecular flexibility index (Phi) is 7.84. The van der Waals surface area contributed by atoms with Crippen molar-refractivity contribution in [1.82, 2.24) is 5.32 Å². The fraction of sp³-hybridized carbons (Fsp3) is 0.286. The number of aliphatic hydroxyl groups is 1. The average molecular weight is 540 g/mol. The van der Waals surface area contributed by atoms with Gasteiger partial charge in [-0.05, 0) is 48.4 Å². The highest BCUT2D eigenvalue weighted by Crippen LogP contribution is 2.29. The predicted octanol–water partition coefficient (Wildman–Crippen LogP) is 3.46. The van der Waals surface area contributed by atoms with Gasteiger partial charge in [-0.1, -0.05) is 42.5 Å². The fourth-order valence-corrected chi connectivity index (χ4v) is 4.68. The molecule has 1 amide bonds. The van der Waals surface area contributed by atoms with Gasteiger partial charge in [0.2, 0.25) is 15.9 Å². The van der Waals surface area contributed by atoms with Crippen LogP contribution in [0.3, 0.4) is 0 Å². The lowest BCUT2D eigenvalue weighted by Gasteiger charge is -2.21. The predicted molar refractivity (Wildman–Crippen MR) is 144 cm³/mol. The van der Waals surface area contributed by atoms with Gasteiger partial charge in [-0.25, -0.2) is 17.8 Å². The molecule has 3 aromatic rings. The monoisotopic (exact) mass is 539 g/mol. The van der Waals surface area contributed by atoms with E-state index in [0.717, 1.165) is 16.1 Å². The Morgan fingerprint density at radius 2 is 1.84 bits per heavy atom. The number of ether oxygens (including phenoxy) is 1. The molecule has 0 saturated heterocycles. The van der Waals surface area contributed by atoms with Gasteiger partial charge in [0, 0.05) is 24.6 Å². The zero-order valence-corrected chi connectivity index (χ0v) is 22.2. The molecule has 1 aliphatic rings. The summed E-state index contributed by atoms with van der Waals surface area (Å²) in [5, 5.41) is 13.1. The molecule has 38 heavy (non-hydrogen) atoms. The van der Waals surface area contributed by atoms with E-state index in [9.17, 15) is 22.7 Å². The first-order valence-corrected chi connectivity index (χ1v) is 13.9. The summed E-state index contributed by atoms with van der Waals surface area (Å²) in [6.45, 7) is 1.64. The van der Waals surface area contributed by atoms with Crippen LogP contribution < -0.4 is 9.62 Å². The van der Waals surface area contributed by atoms with Gasteiger partial charge in [-0.3, -0.25) is 9.10 Å². The van der Waals surface area contributed by atoms with Crippen LogP contribution in [0.5, 0.6) is 0 Å². The smallest absolute Gasteiger partial charge is 0.251 e. The van der Waals surface area contributed by atoms with Crippen molar-refractivity contribution in [2.75, 3.05) is 30.8 Å². The highest BCUT2D eigenvalue weighted by Gasteiger charge is 2.37. The Bertz CT molecular complexity index is 1450. The van der Waals surface area contributed by atoms with Crippen LogP contribution in [-0.2, 0) is 21.2 Å². The standard InChI is InChI=1S/C28H30FN3O5S/c1-19(21-9-11-24(29)12-10-21)30-26(34)22-13-23(15-25(14-22)32(2)38(3,35)36)27-31-28(17-33,18-37-27)16-20-7-5-4-6-8-20/h4-15,19,33H,16-18H2,1-3H3,(H,30,34)/t19-,28?/m1/s1. The van der Waals surface area contributed by atoms with Crippen molar-refractivity contribution in [2.24, 2.45) is 4.99 Å². The number of hydrogen-bond acceptors (Lipinski definition) is 6. The van der Waals surface area contributed by atoms with Crippen molar-refractivity contribution in [3.05, 3.63) is 101 Å². The lowest BCUT2D eigenvalue weighted by molar-refractivity contribution is 0.0940. The quantitative estimate of drug-likeness (QED) is 0.433. The minimum atomic E-state index is -3.63. The van der Waals surface area contributed by atoms with Gasteiger partial charge in [0.25, 0.3) is 5.91 Å². The molecule has 0 aromatic heterocycles. The summed E-state index contributed by atoms with van der Waals surface area (Å²) in [6, 6.07) is 19.6. The van der Waals surface area contributed by atoms with E-state index >= 15 is 0 Å². The maximum absolute atomic E-state index is 13.3. The summed E-state index contributed by atoms with van der Waals surface area (Å²) in [5.74, 6) is -0.625. The van der Waals surface area contributed by atoms with Gasteiger partial charge in [-0.2, -0.15) is 0 Å². The molecule has 4 rings (SSSR count). The van der Waals surface area contributed by atoms with E-state index in [1.807, 2.05) is 30.3 Å². The van der Waals surface area contributed by atoms with Gasteiger partial charge < -0.3 is 15.2 Å².